The summed E-state index contributed by atoms with van der Waals surface area (Å²) in [5.41, 5.74) is 2.66. The minimum atomic E-state index is 0.390. The number of rotatable bonds is 7. The first-order valence-corrected chi connectivity index (χ1v) is 6.91. The van der Waals surface area contributed by atoms with Crippen molar-refractivity contribution in [3.63, 3.8) is 0 Å². The van der Waals surface area contributed by atoms with Gasteiger partial charge in [0.15, 0.2) is 0 Å². The van der Waals surface area contributed by atoms with Crippen LogP contribution in [0.4, 0.5) is 0 Å². The number of benzene rings is 1. The van der Waals surface area contributed by atoms with Crippen LogP contribution in [0.5, 0.6) is 0 Å². The molecule has 0 N–H and O–H groups in total. The Morgan fingerprint density at radius 2 is 1.89 bits per heavy atom. The molecule has 0 aliphatic rings. The molecule has 0 aliphatic carbocycles. The average molecular weight is 252 g/mol. The van der Waals surface area contributed by atoms with Gasteiger partial charge in [0.1, 0.15) is 0 Å². The fourth-order valence-electron chi connectivity index (χ4n) is 2.11. The third-order valence-electron chi connectivity index (χ3n) is 3.29. The Morgan fingerprint density at radius 3 is 2.42 bits per heavy atom. The molecule has 2 unspecified atom stereocenters. The molecule has 0 aliphatic heterocycles. The SMILES string of the molecule is C=C/C=C(/C=C\C(C)C=C)C(CC)c1ccccc1. The molecule has 0 spiro atoms. The van der Waals surface area contributed by atoms with Gasteiger partial charge in [-0.05, 0) is 23.5 Å². The zero-order valence-corrected chi connectivity index (χ0v) is 12.0. The van der Waals surface area contributed by atoms with Crippen LogP contribution < -0.4 is 0 Å². The molecule has 0 fully saturated rings. The standard InChI is InChI=1S/C19H24/c1-5-11-17(15-14-16(4)6-2)19(7-3)18-12-9-8-10-13-18/h5-6,8-16,19H,1-2,7H2,3-4H3/b15-14-,17-11-. The molecule has 0 saturated heterocycles. The molecular weight excluding hydrogens is 228 g/mol. The van der Waals surface area contributed by atoms with E-state index in [1.165, 1.54) is 11.1 Å². The van der Waals surface area contributed by atoms with Gasteiger partial charge in [0.2, 0.25) is 0 Å². The van der Waals surface area contributed by atoms with Crippen molar-refractivity contribution in [2.24, 2.45) is 5.92 Å². The third-order valence-corrected chi connectivity index (χ3v) is 3.29. The summed E-state index contributed by atoms with van der Waals surface area (Å²) < 4.78 is 0. The highest BCUT2D eigenvalue weighted by Gasteiger charge is 2.11. The van der Waals surface area contributed by atoms with Crippen LogP contribution in [0.3, 0.4) is 0 Å². The minimum Gasteiger partial charge on any atom is -0.102 e. The second-order valence-electron chi connectivity index (χ2n) is 4.73. The van der Waals surface area contributed by atoms with Crippen molar-refractivity contribution in [3.8, 4) is 0 Å². The van der Waals surface area contributed by atoms with E-state index >= 15 is 0 Å². The molecule has 1 aromatic carbocycles. The zero-order chi connectivity index (χ0) is 14.1. The van der Waals surface area contributed by atoms with Crippen LogP contribution in [0, 0.1) is 5.92 Å². The van der Waals surface area contributed by atoms with Crippen LogP contribution in [0.15, 0.2) is 79.4 Å². The topological polar surface area (TPSA) is 0 Å². The van der Waals surface area contributed by atoms with E-state index in [0.29, 0.717) is 11.8 Å². The van der Waals surface area contributed by atoms with E-state index in [0.717, 1.165) is 6.42 Å². The lowest BCUT2D eigenvalue weighted by Gasteiger charge is -2.17. The Morgan fingerprint density at radius 1 is 1.21 bits per heavy atom. The van der Waals surface area contributed by atoms with Gasteiger partial charge >= 0.3 is 0 Å². The molecule has 1 aromatic rings. The molecule has 0 radical (unpaired) electrons. The van der Waals surface area contributed by atoms with Crippen molar-refractivity contribution in [1.29, 1.82) is 0 Å². The first-order valence-electron chi connectivity index (χ1n) is 6.91. The smallest absolute Gasteiger partial charge is 0.00866 e. The van der Waals surface area contributed by atoms with E-state index in [2.05, 4.69) is 75.6 Å². The Labute approximate surface area is 117 Å². The van der Waals surface area contributed by atoms with Crippen LogP contribution in [0.25, 0.3) is 0 Å². The highest BCUT2D eigenvalue weighted by atomic mass is 14.2. The summed E-state index contributed by atoms with van der Waals surface area (Å²) in [6.45, 7) is 12.0. The fraction of sp³-hybridized carbons (Fsp3) is 0.263. The van der Waals surface area contributed by atoms with Crippen molar-refractivity contribution >= 4 is 0 Å². The van der Waals surface area contributed by atoms with Gasteiger partial charge < -0.3 is 0 Å². The second-order valence-corrected chi connectivity index (χ2v) is 4.73. The first-order chi connectivity index (χ1) is 9.22. The Hall–Kier alpha value is -1.82. The van der Waals surface area contributed by atoms with Crippen LogP contribution in [-0.4, -0.2) is 0 Å². The quantitative estimate of drug-likeness (QED) is 0.433. The number of allylic oxidation sites excluding steroid dienone is 6. The summed E-state index contributed by atoms with van der Waals surface area (Å²) in [6, 6.07) is 10.6. The van der Waals surface area contributed by atoms with E-state index in [9.17, 15) is 0 Å². The normalized spacial score (nSPS) is 15.2. The molecule has 0 bridgehead atoms. The molecular formula is C19H24. The lowest BCUT2D eigenvalue weighted by molar-refractivity contribution is 0.774. The van der Waals surface area contributed by atoms with Crippen LogP contribution >= 0.6 is 0 Å². The minimum absolute atomic E-state index is 0.390. The van der Waals surface area contributed by atoms with Crippen molar-refractivity contribution in [3.05, 3.63) is 85.0 Å². The summed E-state index contributed by atoms with van der Waals surface area (Å²) in [4.78, 5) is 0. The van der Waals surface area contributed by atoms with Gasteiger partial charge in [-0.15, -0.1) is 6.58 Å². The van der Waals surface area contributed by atoms with Crippen LogP contribution in [0.2, 0.25) is 0 Å². The molecule has 100 valence electrons. The Bertz CT molecular complexity index is 448. The van der Waals surface area contributed by atoms with Gasteiger partial charge in [0, 0.05) is 5.92 Å². The second kappa shape index (κ2) is 8.31. The van der Waals surface area contributed by atoms with Gasteiger partial charge in [-0.1, -0.05) is 81.1 Å². The van der Waals surface area contributed by atoms with E-state index in [4.69, 9.17) is 0 Å². The van der Waals surface area contributed by atoms with Crippen molar-refractivity contribution in [2.75, 3.05) is 0 Å². The molecule has 2 atom stereocenters. The molecule has 0 saturated carbocycles. The molecule has 1 rings (SSSR count). The van der Waals surface area contributed by atoms with Gasteiger partial charge in [0.05, 0.1) is 0 Å². The fourth-order valence-corrected chi connectivity index (χ4v) is 2.11. The number of hydrogen-bond acceptors (Lipinski definition) is 0. The predicted molar refractivity (Wildman–Crippen MR) is 86.3 cm³/mol. The lowest BCUT2D eigenvalue weighted by atomic mass is 9.88. The van der Waals surface area contributed by atoms with Gasteiger partial charge in [0.25, 0.3) is 0 Å². The van der Waals surface area contributed by atoms with E-state index < -0.39 is 0 Å². The van der Waals surface area contributed by atoms with Crippen LogP contribution in [0.1, 0.15) is 31.7 Å². The first kappa shape index (κ1) is 15.2. The predicted octanol–water partition coefficient (Wildman–Crippen LogP) is 5.67. The maximum atomic E-state index is 3.83. The summed E-state index contributed by atoms with van der Waals surface area (Å²) in [7, 11) is 0. The van der Waals surface area contributed by atoms with Crippen molar-refractivity contribution in [1.82, 2.24) is 0 Å². The molecule has 0 heteroatoms. The van der Waals surface area contributed by atoms with E-state index in [-0.39, 0.29) is 0 Å². The Kier molecular flexibility index (Phi) is 6.67. The van der Waals surface area contributed by atoms with Crippen molar-refractivity contribution < 1.29 is 0 Å². The van der Waals surface area contributed by atoms with E-state index in [1.807, 2.05) is 12.2 Å². The summed E-state index contributed by atoms with van der Waals surface area (Å²) in [5, 5.41) is 0. The average Bonchev–Trinajstić information content (AvgIpc) is 2.46. The lowest BCUT2D eigenvalue weighted by Crippen LogP contribution is -2.00. The number of hydrogen-bond donors (Lipinski definition) is 0. The molecule has 0 heterocycles. The van der Waals surface area contributed by atoms with Crippen molar-refractivity contribution in [2.45, 2.75) is 26.2 Å². The summed E-state index contributed by atoms with van der Waals surface area (Å²) in [6.07, 6.45) is 11.4. The largest absolute Gasteiger partial charge is 0.102 e. The molecule has 0 amide bonds. The maximum absolute atomic E-state index is 3.83. The van der Waals surface area contributed by atoms with Gasteiger partial charge in [-0.2, -0.15) is 0 Å². The maximum Gasteiger partial charge on any atom is 0.00866 e. The molecule has 0 aromatic heterocycles. The van der Waals surface area contributed by atoms with Gasteiger partial charge in [-0.25, -0.2) is 0 Å². The summed E-state index contributed by atoms with van der Waals surface area (Å²) in [5.74, 6) is 0.814. The highest BCUT2D eigenvalue weighted by Crippen LogP contribution is 2.28. The van der Waals surface area contributed by atoms with Gasteiger partial charge in [-0.3, -0.25) is 0 Å². The Balaban J connectivity index is 3.03. The molecule has 0 nitrogen and oxygen atoms in total. The summed E-state index contributed by atoms with van der Waals surface area (Å²) >= 11 is 0. The molecule has 19 heavy (non-hydrogen) atoms. The zero-order valence-electron chi connectivity index (χ0n) is 12.0. The highest BCUT2D eigenvalue weighted by molar-refractivity contribution is 5.37. The van der Waals surface area contributed by atoms with Crippen LogP contribution in [-0.2, 0) is 0 Å². The monoisotopic (exact) mass is 252 g/mol. The van der Waals surface area contributed by atoms with E-state index in [1.54, 1.807) is 0 Å². The third kappa shape index (κ3) is 4.75.